The number of hydrogen-bond donors (Lipinski definition) is 2. The lowest BCUT2D eigenvalue weighted by Crippen LogP contribution is -2.42. The lowest BCUT2D eigenvalue weighted by molar-refractivity contribution is -0.123. The van der Waals surface area contributed by atoms with Crippen molar-refractivity contribution in [2.75, 3.05) is 7.11 Å². The predicted molar refractivity (Wildman–Crippen MR) is 81.4 cm³/mol. The van der Waals surface area contributed by atoms with Crippen molar-refractivity contribution in [1.29, 1.82) is 0 Å². The molecule has 2 aromatic rings. The highest BCUT2D eigenvalue weighted by Crippen LogP contribution is 2.28. The second-order valence-electron chi connectivity index (χ2n) is 5.40. The van der Waals surface area contributed by atoms with Gasteiger partial charge >= 0.3 is 0 Å². The summed E-state index contributed by atoms with van der Waals surface area (Å²) in [5, 5.41) is 0.838. The largest absolute Gasteiger partial charge is 0.497 e. The third-order valence-electron chi connectivity index (χ3n) is 3.71. The molecule has 6 nitrogen and oxygen atoms in total. The van der Waals surface area contributed by atoms with Crippen LogP contribution in [-0.4, -0.2) is 23.9 Å². The van der Waals surface area contributed by atoms with Gasteiger partial charge in [-0.2, -0.15) is 0 Å². The standard InChI is InChI=1S/C16H17N3O3/c1-9-13(16(21)19-18-15(20)10-3-4-10)7-11-5-6-12(22-2)8-14(11)17-9/h5-8,10H,3-4H2,1-2H3,(H,18,20)(H,19,21). The summed E-state index contributed by atoms with van der Waals surface area (Å²) in [4.78, 5) is 28.2. The van der Waals surface area contributed by atoms with Crippen LogP contribution < -0.4 is 15.6 Å². The first-order chi connectivity index (χ1) is 10.6. The number of ether oxygens (including phenoxy) is 1. The number of benzene rings is 1. The van der Waals surface area contributed by atoms with E-state index in [9.17, 15) is 9.59 Å². The van der Waals surface area contributed by atoms with Crippen molar-refractivity contribution in [1.82, 2.24) is 15.8 Å². The van der Waals surface area contributed by atoms with Crippen molar-refractivity contribution < 1.29 is 14.3 Å². The Bertz CT molecular complexity index is 754. The first-order valence-electron chi connectivity index (χ1n) is 7.14. The van der Waals surface area contributed by atoms with E-state index in [0.29, 0.717) is 17.0 Å². The van der Waals surface area contributed by atoms with Crippen molar-refractivity contribution in [2.45, 2.75) is 19.8 Å². The highest BCUT2D eigenvalue weighted by molar-refractivity contribution is 5.99. The minimum absolute atomic E-state index is 0.0450. The molecule has 3 rings (SSSR count). The third-order valence-corrected chi connectivity index (χ3v) is 3.71. The van der Waals surface area contributed by atoms with Gasteiger partial charge in [-0.15, -0.1) is 0 Å². The molecule has 0 radical (unpaired) electrons. The number of methoxy groups -OCH3 is 1. The molecule has 114 valence electrons. The molecule has 1 aromatic carbocycles. The molecule has 0 saturated heterocycles. The lowest BCUT2D eigenvalue weighted by atomic mass is 10.1. The van der Waals surface area contributed by atoms with Crippen molar-refractivity contribution in [3.8, 4) is 5.75 Å². The fourth-order valence-corrected chi connectivity index (χ4v) is 2.23. The van der Waals surface area contributed by atoms with Crippen molar-refractivity contribution in [3.05, 3.63) is 35.5 Å². The number of carbonyl (C=O) groups is 2. The van der Waals surface area contributed by atoms with Gasteiger partial charge in [0.1, 0.15) is 5.75 Å². The van der Waals surface area contributed by atoms with Gasteiger partial charge in [0.2, 0.25) is 5.91 Å². The number of hydrazine groups is 1. The van der Waals surface area contributed by atoms with E-state index in [1.54, 1.807) is 20.1 Å². The Morgan fingerprint density at radius 3 is 2.68 bits per heavy atom. The van der Waals surface area contributed by atoms with E-state index in [1.165, 1.54) is 0 Å². The molecule has 1 saturated carbocycles. The monoisotopic (exact) mass is 299 g/mol. The summed E-state index contributed by atoms with van der Waals surface area (Å²) in [6.45, 7) is 1.76. The molecule has 6 heteroatoms. The molecule has 0 unspecified atom stereocenters. The Labute approximate surface area is 127 Å². The minimum Gasteiger partial charge on any atom is -0.497 e. The minimum atomic E-state index is -0.364. The zero-order chi connectivity index (χ0) is 15.7. The van der Waals surface area contributed by atoms with Crippen LogP contribution in [0.4, 0.5) is 0 Å². The fourth-order valence-electron chi connectivity index (χ4n) is 2.23. The van der Waals surface area contributed by atoms with Gasteiger partial charge in [-0.05, 0) is 38.0 Å². The number of aryl methyl sites for hydroxylation is 1. The summed E-state index contributed by atoms with van der Waals surface area (Å²) >= 11 is 0. The summed E-state index contributed by atoms with van der Waals surface area (Å²) < 4.78 is 5.17. The second kappa shape index (κ2) is 5.63. The predicted octanol–water partition coefficient (Wildman–Crippen LogP) is 1.72. The van der Waals surface area contributed by atoms with Gasteiger partial charge in [0.05, 0.1) is 23.9 Å². The molecule has 2 N–H and O–H groups in total. The first kappa shape index (κ1) is 14.3. The molecular weight excluding hydrogens is 282 g/mol. The topological polar surface area (TPSA) is 80.3 Å². The van der Waals surface area contributed by atoms with Gasteiger partial charge < -0.3 is 4.74 Å². The number of nitrogens with one attached hydrogen (secondary N) is 2. The van der Waals surface area contributed by atoms with E-state index in [0.717, 1.165) is 23.7 Å². The number of rotatable bonds is 3. The van der Waals surface area contributed by atoms with Gasteiger partial charge in [-0.25, -0.2) is 0 Å². The number of aromatic nitrogens is 1. The van der Waals surface area contributed by atoms with Gasteiger partial charge in [0.15, 0.2) is 0 Å². The maximum atomic E-state index is 12.2. The third kappa shape index (κ3) is 2.86. The smallest absolute Gasteiger partial charge is 0.271 e. The van der Waals surface area contributed by atoms with E-state index in [-0.39, 0.29) is 17.7 Å². The summed E-state index contributed by atoms with van der Waals surface area (Å²) in [5.41, 5.74) is 6.69. The van der Waals surface area contributed by atoms with Crippen LogP contribution in [0.1, 0.15) is 28.9 Å². The average Bonchev–Trinajstić information content (AvgIpc) is 3.35. The number of amides is 2. The van der Waals surface area contributed by atoms with Crippen LogP contribution in [0, 0.1) is 12.8 Å². The number of pyridine rings is 1. The lowest BCUT2D eigenvalue weighted by Gasteiger charge is -2.10. The zero-order valence-corrected chi connectivity index (χ0v) is 12.5. The van der Waals surface area contributed by atoms with Crippen LogP contribution >= 0.6 is 0 Å². The molecule has 22 heavy (non-hydrogen) atoms. The maximum Gasteiger partial charge on any atom is 0.271 e. The molecule has 1 aliphatic rings. The van der Waals surface area contributed by atoms with Crippen LogP contribution in [0.25, 0.3) is 10.9 Å². The molecule has 1 fully saturated rings. The Morgan fingerprint density at radius 2 is 2.00 bits per heavy atom. The first-order valence-corrected chi connectivity index (χ1v) is 7.14. The molecular formula is C16H17N3O3. The quantitative estimate of drug-likeness (QED) is 0.846. The fraction of sp³-hybridized carbons (Fsp3) is 0.312. The van der Waals surface area contributed by atoms with Gasteiger partial charge in [0.25, 0.3) is 5.91 Å². The van der Waals surface area contributed by atoms with Gasteiger partial charge in [0, 0.05) is 17.4 Å². The van der Waals surface area contributed by atoms with Crippen LogP contribution in [0.2, 0.25) is 0 Å². The normalized spacial score (nSPS) is 13.7. The Balaban J connectivity index is 1.81. The molecule has 0 atom stereocenters. The maximum absolute atomic E-state index is 12.2. The van der Waals surface area contributed by atoms with Crippen LogP contribution in [0.15, 0.2) is 24.3 Å². The number of hydrogen-bond acceptors (Lipinski definition) is 4. The SMILES string of the molecule is COc1ccc2cc(C(=O)NNC(=O)C3CC3)c(C)nc2c1. The van der Waals surface area contributed by atoms with E-state index in [2.05, 4.69) is 15.8 Å². The summed E-state index contributed by atoms with van der Waals surface area (Å²) in [7, 11) is 1.60. The summed E-state index contributed by atoms with van der Waals surface area (Å²) in [6, 6.07) is 7.24. The summed E-state index contributed by atoms with van der Waals surface area (Å²) in [5.74, 6) is 0.262. The van der Waals surface area contributed by atoms with Crippen LogP contribution in [0.5, 0.6) is 5.75 Å². The molecule has 0 bridgehead atoms. The summed E-state index contributed by atoms with van der Waals surface area (Å²) in [6.07, 6.45) is 1.78. The molecule has 1 aromatic heterocycles. The highest BCUT2D eigenvalue weighted by atomic mass is 16.5. The number of nitrogens with zero attached hydrogens (tertiary/aromatic N) is 1. The molecule has 0 spiro atoms. The van der Waals surface area contributed by atoms with E-state index < -0.39 is 0 Å². The Hall–Kier alpha value is -2.63. The van der Waals surface area contributed by atoms with Crippen LogP contribution in [-0.2, 0) is 4.79 Å². The number of carbonyl (C=O) groups excluding carboxylic acids is 2. The Morgan fingerprint density at radius 1 is 1.23 bits per heavy atom. The van der Waals surface area contributed by atoms with E-state index in [4.69, 9.17) is 4.74 Å². The molecule has 2 amide bonds. The van der Waals surface area contributed by atoms with Gasteiger partial charge in [-0.3, -0.25) is 25.4 Å². The van der Waals surface area contributed by atoms with Crippen LogP contribution in [0.3, 0.4) is 0 Å². The van der Waals surface area contributed by atoms with Gasteiger partial charge in [-0.1, -0.05) is 0 Å². The number of fused-ring (bicyclic) bond motifs is 1. The zero-order valence-electron chi connectivity index (χ0n) is 12.5. The highest BCUT2D eigenvalue weighted by Gasteiger charge is 2.29. The van der Waals surface area contributed by atoms with E-state index >= 15 is 0 Å². The van der Waals surface area contributed by atoms with Crippen molar-refractivity contribution in [2.24, 2.45) is 5.92 Å². The molecule has 0 aliphatic heterocycles. The molecule has 1 heterocycles. The van der Waals surface area contributed by atoms with E-state index in [1.807, 2.05) is 18.2 Å². The Kier molecular flexibility index (Phi) is 3.66. The van der Waals surface area contributed by atoms with Crippen molar-refractivity contribution in [3.63, 3.8) is 0 Å². The van der Waals surface area contributed by atoms with Crippen molar-refractivity contribution >= 4 is 22.7 Å². The molecule has 1 aliphatic carbocycles. The second-order valence-corrected chi connectivity index (χ2v) is 5.40. The average molecular weight is 299 g/mol.